The van der Waals surface area contributed by atoms with E-state index in [9.17, 15) is 0 Å². The lowest BCUT2D eigenvalue weighted by Crippen LogP contribution is -2.40. The Morgan fingerprint density at radius 2 is 2.44 bits per heavy atom. The minimum atomic E-state index is 0.273. The predicted molar refractivity (Wildman–Crippen MR) is 37.5 cm³/mol. The van der Waals surface area contributed by atoms with Gasteiger partial charge in [0, 0.05) is 12.6 Å². The quantitative estimate of drug-likeness (QED) is 0.594. The summed E-state index contributed by atoms with van der Waals surface area (Å²) in [5.41, 5.74) is 0.273. The number of nitrogens with one attached hydrogen (secondary N) is 1. The van der Waals surface area contributed by atoms with Gasteiger partial charge in [-0.2, -0.15) is 0 Å². The van der Waals surface area contributed by atoms with Gasteiger partial charge in [-0.3, -0.25) is 0 Å². The fourth-order valence-electron chi connectivity index (χ4n) is 1.40. The average molecular weight is 129 g/mol. The van der Waals surface area contributed by atoms with Crippen molar-refractivity contribution >= 4 is 0 Å². The normalized spacial score (nSPS) is 35.3. The fourth-order valence-corrected chi connectivity index (χ4v) is 1.40. The van der Waals surface area contributed by atoms with Crippen LogP contribution in [0.3, 0.4) is 0 Å². The first-order valence-corrected chi connectivity index (χ1v) is 3.51. The first-order chi connectivity index (χ1) is 4.27. The summed E-state index contributed by atoms with van der Waals surface area (Å²) < 4.78 is 5.07. The Kier molecular flexibility index (Phi) is 2.09. The van der Waals surface area contributed by atoms with Gasteiger partial charge in [-0.05, 0) is 26.3 Å². The van der Waals surface area contributed by atoms with Crippen LogP contribution in [-0.4, -0.2) is 25.8 Å². The van der Waals surface area contributed by atoms with E-state index >= 15 is 0 Å². The SMILES string of the molecule is COC[C@]1(C)CCCN1. The second-order valence-electron chi connectivity index (χ2n) is 3.02. The minimum absolute atomic E-state index is 0.273. The lowest BCUT2D eigenvalue weighted by atomic mass is 10.0. The lowest BCUT2D eigenvalue weighted by Gasteiger charge is -2.22. The maximum Gasteiger partial charge on any atom is 0.0641 e. The van der Waals surface area contributed by atoms with Crippen LogP contribution in [0.4, 0.5) is 0 Å². The summed E-state index contributed by atoms with van der Waals surface area (Å²) in [7, 11) is 1.76. The molecule has 0 aromatic rings. The van der Waals surface area contributed by atoms with E-state index in [1.165, 1.54) is 12.8 Å². The van der Waals surface area contributed by atoms with Crippen LogP contribution in [0.2, 0.25) is 0 Å². The molecule has 2 nitrogen and oxygen atoms in total. The average Bonchev–Trinajstić information content (AvgIpc) is 2.16. The van der Waals surface area contributed by atoms with Crippen molar-refractivity contribution in [1.29, 1.82) is 0 Å². The molecule has 9 heavy (non-hydrogen) atoms. The summed E-state index contributed by atoms with van der Waals surface area (Å²) in [6, 6.07) is 0. The fraction of sp³-hybridized carbons (Fsp3) is 1.00. The highest BCUT2D eigenvalue weighted by atomic mass is 16.5. The molecule has 1 aliphatic heterocycles. The Bertz CT molecular complexity index is 86.9. The lowest BCUT2D eigenvalue weighted by molar-refractivity contribution is 0.130. The van der Waals surface area contributed by atoms with E-state index in [4.69, 9.17) is 4.74 Å². The molecule has 1 fully saturated rings. The summed E-state index contributed by atoms with van der Waals surface area (Å²) in [5, 5.41) is 3.41. The summed E-state index contributed by atoms with van der Waals surface area (Å²) in [6.07, 6.45) is 2.54. The zero-order valence-electron chi connectivity index (χ0n) is 6.24. The van der Waals surface area contributed by atoms with Crippen molar-refractivity contribution in [2.24, 2.45) is 0 Å². The first-order valence-electron chi connectivity index (χ1n) is 3.51. The molecule has 0 aromatic heterocycles. The molecule has 1 N–H and O–H groups in total. The third-order valence-electron chi connectivity index (χ3n) is 1.92. The molecule has 0 aromatic carbocycles. The van der Waals surface area contributed by atoms with Crippen LogP contribution in [0.25, 0.3) is 0 Å². The third-order valence-corrected chi connectivity index (χ3v) is 1.92. The van der Waals surface area contributed by atoms with Crippen LogP contribution in [-0.2, 0) is 4.74 Å². The number of ether oxygens (including phenoxy) is 1. The highest BCUT2D eigenvalue weighted by Crippen LogP contribution is 2.17. The van der Waals surface area contributed by atoms with E-state index in [2.05, 4.69) is 12.2 Å². The highest BCUT2D eigenvalue weighted by molar-refractivity contribution is 4.87. The Labute approximate surface area is 56.6 Å². The topological polar surface area (TPSA) is 21.3 Å². The van der Waals surface area contributed by atoms with Crippen molar-refractivity contribution < 1.29 is 4.74 Å². The van der Waals surface area contributed by atoms with Crippen LogP contribution < -0.4 is 5.32 Å². The van der Waals surface area contributed by atoms with Crippen molar-refractivity contribution in [2.45, 2.75) is 25.3 Å². The molecule has 0 radical (unpaired) electrons. The van der Waals surface area contributed by atoms with Crippen molar-refractivity contribution in [1.82, 2.24) is 5.32 Å². The standard InChI is InChI=1S/C7H15NO/c1-7(6-9-2)4-3-5-8-7/h8H,3-6H2,1-2H3/t7-/m0/s1. The van der Waals surface area contributed by atoms with E-state index < -0.39 is 0 Å². The molecule has 0 aliphatic carbocycles. The molecule has 0 saturated carbocycles. The molecule has 0 amide bonds. The first kappa shape index (κ1) is 7.03. The molecular formula is C7H15NO. The van der Waals surface area contributed by atoms with Crippen molar-refractivity contribution in [3.05, 3.63) is 0 Å². The Balaban J connectivity index is 2.32. The van der Waals surface area contributed by atoms with Gasteiger partial charge in [-0.25, -0.2) is 0 Å². The van der Waals surface area contributed by atoms with Crippen LogP contribution in [0.5, 0.6) is 0 Å². The van der Waals surface area contributed by atoms with Crippen LogP contribution in [0.15, 0.2) is 0 Å². The van der Waals surface area contributed by atoms with E-state index in [0.717, 1.165) is 13.2 Å². The summed E-state index contributed by atoms with van der Waals surface area (Å²) >= 11 is 0. The predicted octanol–water partition coefficient (Wildman–Crippen LogP) is 0.775. The molecule has 0 spiro atoms. The van der Waals surface area contributed by atoms with Gasteiger partial charge in [-0.1, -0.05) is 0 Å². The molecule has 1 saturated heterocycles. The van der Waals surface area contributed by atoms with Crippen molar-refractivity contribution in [3.63, 3.8) is 0 Å². The van der Waals surface area contributed by atoms with E-state index in [0.29, 0.717) is 0 Å². The second kappa shape index (κ2) is 2.67. The molecule has 1 rings (SSSR count). The molecule has 2 heteroatoms. The van der Waals surface area contributed by atoms with Crippen LogP contribution >= 0.6 is 0 Å². The van der Waals surface area contributed by atoms with Crippen LogP contribution in [0.1, 0.15) is 19.8 Å². The van der Waals surface area contributed by atoms with Crippen molar-refractivity contribution in [3.8, 4) is 0 Å². The maximum atomic E-state index is 5.07. The smallest absolute Gasteiger partial charge is 0.0641 e. The third kappa shape index (κ3) is 1.66. The van der Waals surface area contributed by atoms with Gasteiger partial charge in [0.2, 0.25) is 0 Å². The molecule has 54 valence electrons. The van der Waals surface area contributed by atoms with Crippen molar-refractivity contribution in [2.75, 3.05) is 20.3 Å². The van der Waals surface area contributed by atoms with Gasteiger partial charge in [0.1, 0.15) is 0 Å². The van der Waals surface area contributed by atoms with Gasteiger partial charge in [-0.15, -0.1) is 0 Å². The number of rotatable bonds is 2. The molecule has 1 atom stereocenters. The van der Waals surface area contributed by atoms with Gasteiger partial charge in [0.05, 0.1) is 6.61 Å². The molecule has 1 aliphatic rings. The summed E-state index contributed by atoms with van der Waals surface area (Å²) in [4.78, 5) is 0. The zero-order valence-corrected chi connectivity index (χ0v) is 6.24. The largest absolute Gasteiger partial charge is 0.383 e. The number of hydrogen-bond acceptors (Lipinski definition) is 2. The zero-order chi connectivity index (χ0) is 6.74. The van der Waals surface area contributed by atoms with E-state index in [1.54, 1.807) is 7.11 Å². The highest BCUT2D eigenvalue weighted by Gasteiger charge is 2.27. The molecule has 0 bridgehead atoms. The molecular weight excluding hydrogens is 114 g/mol. The number of hydrogen-bond donors (Lipinski definition) is 1. The minimum Gasteiger partial charge on any atom is -0.383 e. The van der Waals surface area contributed by atoms with Crippen LogP contribution in [0, 0.1) is 0 Å². The second-order valence-corrected chi connectivity index (χ2v) is 3.02. The maximum absolute atomic E-state index is 5.07. The monoisotopic (exact) mass is 129 g/mol. The van der Waals surface area contributed by atoms with Gasteiger partial charge in [0.25, 0.3) is 0 Å². The Hall–Kier alpha value is -0.0800. The van der Waals surface area contributed by atoms with E-state index in [-0.39, 0.29) is 5.54 Å². The van der Waals surface area contributed by atoms with Gasteiger partial charge in [0.15, 0.2) is 0 Å². The Morgan fingerprint density at radius 1 is 1.67 bits per heavy atom. The van der Waals surface area contributed by atoms with Gasteiger partial charge < -0.3 is 10.1 Å². The molecule has 0 unspecified atom stereocenters. The molecule has 1 heterocycles. The summed E-state index contributed by atoms with van der Waals surface area (Å²) in [5.74, 6) is 0. The summed E-state index contributed by atoms with van der Waals surface area (Å²) in [6.45, 7) is 4.20. The van der Waals surface area contributed by atoms with Gasteiger partial charge >= 0.3 is 0 Å². The van der Waals surface area contributed by atoms with E-state index in [1.807, 2.05) is 0 Å². The Morgan fingerprint density at radius 3 is 2.89 bits per heavy atom. The number of methoxy groups -OCH3 is 1.